The number of carbonyl (C=O) groups excluding carboxylic acids is 1. The fourth-order valence-electron chi connectivity index (χ4n) is 2.54. The first kappa shape index (κ1) is 15.0. The van der Waals surface area contributed by atoms with E-state index >= 15 is 0 Å². The molecule has 24 heavy (non-hydrogen) atoms. The lowest BCUT2D eigenvalue weighted by molar-refractivity contribution is -0.113. The molecule has 0 saturated carbocycles. The maximum absolute atomic E-state index is 12.7. The number of thiocarbonyl (C=S) groups is 1. The smallest absolute Gasteiger partial charge is 0.282 e. The SMILES string of the molecule is Cc1ccc2nc(N3C(=O)/C(=C/c4ccccc4)NC3=S)sc2c1. The van der Waals surface area contributed by atoms with Crippen LogP contribution in [0.15, 0.2) is 54.2 Å². The minimum absolute atomic E-state index is 0.181. The highest BCUT2D eigenvalue weighted by molar-refractivity contribution is 7.80. The minimum Gasteiger partial charge on any atom is -0.327 e. The molecular formula is C18H13N3OS2. The summed E-state index contributed by atoms with van der Waals surface area (Å²) in [6.45, 7) is 2.03. The molecule has 3 aromatic rings. The fraction of sp³-hybridized carbons (Fsp3) is 0.0556. The molecule has 0 radical (unpaired) electrons. The van der Waals surface area contributed by atoms with Crippen LogP contribution in [0.3, 0.4) is 0 Å². The molecule has 1 aliphatic rings. The van der Waals surface area contributed by atoms with Gasteiger partial charge >= 0.3 is 0 Å². The molecule has 2 heterocycles. The highest BCUT2D eigenvalue weighted by Gasteiger charge is 2.34. The maximum atomic E-state index is 12.7. The number of hydrogen-bond acceptors (Lipinski definition) is 4. The maximum Gasteiger partial charge on any atom is 0.282 e. The topological polar surface area (TPSA) is 45.2 Å². The van der Waals surface area contributed by atoms with Gasteiger partial charge in [0.1, 0.15) is 5.70 Å². The van der Waals surface area contributed by atoms with Crippen molar-refractivity contribution in [3.05, 3.63) is 65.4 Å². The van der Waals surface area contributed by atoms with Crippen LogP contribution in [0.2, 0.25) is 0 Å². The van der Waals surface area contributed by atoms with Gasteiger partial charge in [0.05, 0.1) is 10.2 Å². The molecule has 4 rings (SSSR count). The molecule has 118 valence electrons. The normalized spacial score (nSPS) is 16.2. The third-order valence-electron chi connectivity index (χ3n) is 3.71. The summed E-state index contributed by atoms with van der Waals surface area (Å²) in [5, 5.41) is 3.94. The lowest BCUT2D eigenvalue weighted by Crippen LogP contribution is -2.30. The number of nitrogens with zero attached hydrogens (tertiary/aromatic N) is 2. The molecule has 0 bridgehead atoms. The molecule has 0 spiro atoms. The Morgan fingerprint density at radius 2 is 2.00 bits per heavy atom. The number of fused-ring (bicyclic) bond motifs is 1. The van der Waals surface area contributed by atoms with Crippen molar-refractivity contribution in [2.75, 3.05) is 4.90 Å². The number of rotatable bonds is 2. The average molecular weight is 351 g/mol. The van der Waals surface area contributed by atoms with E-state index < -0.39 is 0 Å². The summed E-state index contributed by atoms with van der Waals surface area (Å²) in [5.41, 5.74) is 3.44. The Balaban J connectivity index is 1.71. The number of anilines is 1. The molecule has 1 aliphatic heterocycles. The number of benzene rings is 2. The molecule has 6 heteroatoms. The monoisotopic (exact) mass is 351 g/mol. The zero-order chi connectivity index (χ0) is 16.7. The standard InChI is InChI=1S/C18H13N3OS2/c1-11-7-8-13-15(9-11)24-18(20-13)21-16(22)14(19-17(21)23)10-12-5-3-2-4-6-12/h2-10H,1H3,(H,19,23)/b14-10-. The predicted octanol–water partition coefficient (Wildman–Crippen LogP) is 3.87. The minimum atomic E-state index is -0.181. The molecule has 4 nitrogen and oxygen atoms in total. The molecule has 1 amide bonds. The second-order valence-corrected chi connectivity index (χ2v) is 6.90. The number of thiazole rings is 1. The van der Waals surface area contributed by atoms with E-state index in [-0.39, 0.29) is 5.91 Å². The van der Waals surface area contributed by atoms with Gasteiger partial charge < -0.3 is 5.32 Å². The zero-order valence-corrected chi connectivity index (χ0v) is 14.4. The predicted molar refractivity (Wildman–Crippen MR) is 102 cm³/mol. The van der Waals surface area contributed by atoms with E-state index in [0.29, 0.717) is 15.9 Å². The molecule has 0 unspecified atom stereocenters. The van der Waals surface area contributed by atoms with Gasteiger partial charge in [-0.05, 0) is 48.5 Å². The summed E-state index contributed by atoms with van der Waals surface area (Å²) in [4.78, 5) is 18.7. The first-order valence-electron chi connectivity index (χ1n) is 7.41. The van der Waals surface area contributed by atoms with Gasteiger partial charge in [-0.2, -0.15) is 0 Å². The van der Waals surface area contributed by atoms with E-state index in [4.69, 9.17) is 12.2 Å². The highest BCUT2D eigenvalue weighted by Crippen LogP contribution is 2.32. The van der Waals surface area contributed by atoms with Crippen molar-refractivity contribution in [1.29, 1.82) is 0 Å². The Morgan fingerprint density at radius 3 is 2.79 bits per heavy atom. The van der Waals surface area contributed by atoms with Gasteiger partial charge in [0.15, 0.2) is 10.2 Å². The van der Waals surface area contributed by atoms with Crippen molar-refractivity contribution in [1.82, 2.24) is 10.3 Å². The molecule has 1 fully saturated rings. The van der Waals surface area contributed by atoms with E-state index in [1.165, 1.54) is 16.2 Å². The van der Waals surface area contributed by atoms with Gasteiger partial charge in [-0.1, -0.05) is 47.7 Å². The number of amides is 1. The van der Waals surface area contributed by atoms with E-state index in [1.807, 2.05) is 49.4 Å². The summed E-state index contributed by atoms with van der Waals surface area (Å²) in [6.07, 6.45) is 1.80. The zero-order valence-electron chi connectivity index (χ0n) is 12.8. The van der Waals surface area contributed by atoms with Crippen LogP contribution >= 0.6 is 23.6 Å². The summed E-state index contributed by atoms with van der Waals surface area (Å²) >= 11 is 6.81. The lowest BCUT2D eigenvalue weighted by Gasteiger charge is -2.08. The van der Waals surface area contributed by atoms with Crippen molar-refractivity contribution in [3.8, 4) is 0 Å². The summed E-state index contributed by atoms with van der Waals surface area (Å²) < 4.78 is 1.04. The van der Waals surface area contributed by atoms with Gasteiger partial charge in [0.25, 0.3) is 5.91 Å². The first-order valence-corrected chi connectivity index (χ1v) is 8.64. The molecule has 0 atom stereocenters. The number of aryl methyl sites for hydroxylation is 1. The molecule has 2 aromatic carbocycles. The third-order valence-corrected chi connectivity index (χ3v) is 5.00. The number of aromatic nitrogens is 1. The average Bonchev–Trinajstić information content (AvgIpc) is 3.08. The Labute approximate surface area is 148 Å². The quantitative estimate of drug-likeness (QED) is 0.562. The number of carbonyl (C=O) groups is 1. The Morgan fingerprint density at radius 1 is 1.21 bits per heavy atom. The van der Waals surface area contributed by atoms with E-state index in [2.05, 4.69) is 16.4 Å². The van der Waals surface area contributed by atoms with Crippen molar-refractivity contribution >= 4 is 56.0 Å². The van der Waals surface area contributed by atoms with Crippen molar-refractivity contribution in [2.45, 2.75) is 6.92 Å². The van der Waals surface area contributed by atoms with Crippen LogP contribution in [0, 0.1) is 6.92 Å². The van der Waals surface area contributed by atoms with E-state index in [0.717, 1.165) is 21.3 Å². The highest BCUT2D eigenvalue weighted by atomic mass is 32.1. The van der Waals surface area contributed by atoms with Gasteiger partial charge in [-0.3, -0.25) is 4.79 Å². The van der Waals surface area contributed by atoms with Gasteiger partial charge in [-0.25, -0.2) is 9.88 Å². The summed E-state index contributed by atoms with van der Waals surface area (Å²) in [6, 6.07) is 15.7. The van der Waals surface area contributed by atoms with Crippen LogP contribution in [0.4, 0.5) is 5.13 Å². The van der Waals surface area contributed by atoms with E-state index in [1.54, 1.807) is 6.08 Å². The van der Waals surface area contributed by atoms with Crippen LogP contribution in [-0.4, -0.2) is 16.0 Å². The number of nitrogens with one attached hydrogen (secondary N) is 1. The molecule has 1 aromatic heterocycles. The summed E-state index contributed by atoms with van der Waals surface area (Å²) in [7, 11) is 0. The Kier molecular flexibility index (Phi) is 3.63. The second kappa shape index (κ2) is 5.81. The van der Waals surface area contributed by atoms with Crippen LogP contribution in [0.25, 0.3) is 16.3 Å². The Hall–Kier alpha value is -2.57. The van der Waals surface area contributed by atoms with Crippen molar-refractivity contribution in [2.24, 2.45) is 0 Å². The van der Waals surface area contributed by atoms with Crippen LogP contribution in [0.1, 0.15) is 11.1 Å². The largest absolute Gasteiger partial charge is 0.327 e. The first-order chi connectivity index (χ1) is 11.6. The fourth-order valence-corrected chi connectivity index (χ4v) is 3.95. The molecule has 1 N–H and O–H groups in total. The summed E-state index contributed by atoms with van der Waals surface area (Å²) in [5.74, 6) is -0.181. The van der Waals surface area contributed by atoms with Crippen LogP contribution in [0.5, 0.6) is 0 Å². The van der Waals surface area contributed by atoms with Gasteiger partial charge in [-0.15, -0.1) is 0 Å². The van der Waals surface area contributed by atoms with Crippen molar-refractivity contribution < 1.29 is 4.79 Å². The van der Waals surface area contributed by atoms with E-state index in [9.17, 15) is 4.79 Å². The second-order valence-electron chi connectivity index (χ2n) is 5.51. The number of hydrogen-bond donors (Lipinski definition) is 1. The third kappa shape index (κ3) is 2.60. The molecule has 1 saturated heterocycles. The molecular weight excluding hydrogens is 338 g/mol. The van der Waals surface area contributed by atoms with Gasteiger partial charge in [0.2, 0.25) is 0 Å². The van der Waals surface area contributed by atoms with Crippen LogP contribution < -0.4 is 10.2 Å². The van der Waals surface area contributed by atoms with Crippen LogP contribution in [-0.2, 0) is 4.79 Å². The van der Waals surface area contributed by atoms with Crippen molar-refractivity contribution in [3.63, 3.8) is 0 Å². The Bertz CT molecular complexity index is 992. The van der Waals surface area contributed by atoms with Gasteiger partial charge in [0, 0.05) is 0 Å². The lowest BCUT2D eigenvalue weighted by atomic mass is 10.2. The molecule has 0 aliphatic carbocycles.